The molecule has 0 radical (unpaired) electrons. The predicted octanol–water partition coefficient (Wildman–Crippen LogP) is 1.61. The van der Waals surface area contributed by atoms with E-state index in [4.69, 9.17) is 16.3 Å². The average Bonchev–Trinajstić information content (AvgIpc) is 3.59. The van der Waals surface area contributed by atoms with E-state index in [1.807, 2.05) is 0 Å². The van der Waals surface area contributed by atoms with Crippen LogP contribution < -0.4 is 5.32 Å². The third kappa shape index (κ3) is 5.98. The third-order valence-corrected chi connectivity index (χ3v) is 11.8. The molecular weight excluding hydrogens is 573 g/mol. The maximum atomic E-state index is 13.2. The smallest absolute Gasteiger partial charge is 0.343 e. The standard InChI is InChI=1S/C23H29ClN5O8PS/c24-23-27-20(26-14-8-4-5-9-14)17-21(28-23)29(12-25-17)22-19(31)18(30)15(37-22)11-39(35,36)16(38(32,33)34)10-13-6-2-1-3-7-13/h1-3,6-7,12,14-16,18-19,22,30-31H,4-5,8-11H2,(H,26,27,28)(H2,32,33,34)/t15-,16?,18-,19-,22-/m1/s1. The summed E-state index contributed by atoms with van der Waals surface area (Å²) in [5.41, 5.74) is 0.980. The molecule has 13 nitrogen and oxygen atoms in total. The van der Waals surface area contributed by atoms with Gasteiger partial charge in [-0.3, -0.25) is 9.13 Å². The van der Waals surface area contributed by atoms with Crippen molar-refractivity contribution in [2.75, 3.05) is 11.1 Å². The molecule has 5 N–H and O–H groups in total. The van der Waals surface area contributed by atoms with Gasteiger partial charge < -0.3 is 30.1 Å². The monoisotopic (exact) mass is 601 g/mol. The van der Waals surface area contributed by atoms with E-state index in [0.717, 1.165) is 25.7 Å². The Morgan fingerprint density at radius 1 is 1.13 bits per heavy atom. The molecule has 2 aliphatic rings. The Bertz CT molecular complexity index is 1480. The number of rotatable bonds is 9. The zero-order chi connectivity index (χ0) is 27.9. The van der Waals surface area contributed by atoms with E-state index in [1.54, 1.807) is 30.3 Å². The quantitative estimate of drug-likeness (QED) is 0.176. The van der Waals surface area contributed by atoms with Crippen molar-refractivity contribution in [2.45, 2.75) is 67.7 Å². The van der Waals surface area contributed by atoms with Gasteiger partial charge in [-0.05, 0) is 30.0 Å². The van der Waals surface area contributed by atoms with Crippen molar-refractivity contribution >= 4 is 46.0 Å². The number of aromatic nitrogens is 4. The summed E-state index contributed by atoms with van der Waals surface area (Å²) in [6.07, 6.45) is -1.04. The van der Waals surface area contributed by atoms with Crippen molar-refractivity contribution < 1.29 is 37.7 Å². The number of ether oxygens (including phenoxy) is 1. The topological polar surface area (TPSA) is 197 Å². The number of aliphatic hydroxyl groups excluding tert-OH is 2. The lowest BCUT2D eigenvalue weighted by molar-refractivity contribution is -0.0292. The number of halogens is 1. The number of nitrogens with zero attached hydrogens (tertiary/aromatic N) is 4. The van der Waals surface area contributed by atoms with E-state index in [0.29, 0.717) is 16.9 Å². The molecular formula is C23H29ClN5O8PS. The fraction of sp³-hybridized carbons (Fsp3) is 0.522. The van der Waals surface area contributed by atoms with E-state index in [-0.39, 0.29) is 17.0 Å². The Balaban J connectivity index is 1.39. The van der Waals surface area contributed by atoms with E-state index in [9.17, 15) is 33.0 Å². The van der Waals surface area contributed by atoms with Gasteiger partial charge in [0.25, 0.3) is 0 Å². The first-order valence-corrected chi connectivity index (χ1v) is 16.2. The second-order valence-electron chi connectivity index (χ2n) is 9.90. The van der Waals surface area contributed by atoms with Crippen molar-refractivity contribution in [1.29, 1.82) is 0 Å². The van der Waals surface area contributed by atoms with Crippen molar-refractivity contribution in [3.05, 3.63) is 47.5 Å². The molecule has 212 valence electrons. The highest BCUT2D eigenvalue weighted by atomic mass is 35.5. The molecule has 2 fully saturated rings. The van der Waals surface area contributed by atoms with Gasteiger partial charge in [-0.25, -0.2) is 13.4 Å². The van der Waals surface area contributed by atoms with Crippen LogP contribution in [0.5, 0.6) is 0 Å². The van der Waals surface area contributed by atoms with Gasteiger partial charge in [-0.1, -0.05) is 43.2 Å². The van der Waals surface area contributed by atoms with Gasteiger partial charge in [-0.2, -0.15) is 9.97 Å². The highest BCUT2D eigenvalue weighted by Gasteiger charge is 2.49. The summed E-state index contributed by atoms with van der Waals surface area (Å²) < 4.78 is 45.7. The fourth-order valence-electron chi connectivity index (χ4n) is 5.15. The molecule has 0 amide bonds. The number of fused-ring (bicyclic) bond motifs is 1. The Hall–Kier alpha value is -2.16. The molecule has 16 heteroatoms. The molecule has 1 saturated carbocycles. The van der Waals surface area contributed by atoms with Crippen LogP contribution in [0.1, 0.15) is 37.5 Å². The maximum absolute atomic E-state index is 13.2. The zero-order valence-corrected chi connectivity index (χ0v) is 23.1. The fourth-order valence-corrected chi connectivity index (χ4v) is 9.10. The second-order valence-corrected chi connectivity index (χ2v) is 14.6. The molecule has 1 saturated heterocycles. The summed E-state index contributed by atoms with van der Waals surface area (Å²) >= 11 is 6.16. The molecule has 3 heterocycles. The lowest BCUT2D eigenvalue weighted by atomic mass is 10.1. The zero-order valence-electron chi connectivity index (χ0n) is 20.6. The first-order chi connectivity index (χ1) is 18.4. The minimum absolute atomic E-state index is 0.0812. The van der Waals surface area contributed by atoms with Crippen LogP contribution in [0.3, 0.4) is 0 Å². The summed E-state index contributed by atoms with van der Waals surface area (Å²) in [5.74, 6) is -0.519. The number of hydrogen-bond acceptors (Lipinski definition) is 10. The lowest BCUT2D eigenvalue weighted by Gasteiger charge is -2.22. The highest BCUT2D eigenvalue weighted by molar-refractivity contribution is 7.98. The number of imidazole rings is 1. The summed E-state index contributed by atoms with van der Waals surface area (Å²) in [6.45, 7) is 0. The number of aliphatic hydroxyl groups is 2. The van der Waals surface area contributed by atoms with E-state index >= 15 is 0 Å². The first-order valence-electron chi connectivity index (χ1n) is 12.4. The number of nitrogens with one attached hydrogen (secondary N) is 1. The van der Waals surface area contributed by atoms with Gasteiger partial charge in [-0.15, -0.1) is 0 Å². The molecule has 5 atom stereocenters. The maximum Gasteiger partial charge on any atom is 0.343 e. The van der Waals surface area contributed by atoms with Gasteiger partial charge in [0, 0.05) is 12.5 Å². The molecule has 2 aromatic heterocycles. The molecule has 1 unspecified atom stereocenters. The van der Waals surface area contributed by atoms with Crippen LogP contribution in [0.2, 0.25) is 5.28 Å². The SMILES string of the molecule is O=P(O)(O)C(Cc1ccccc1)S(=O)(=O)C[C@H]1O[C@@H](n2cnc3c(NC4CCCC4)nc(Cl)nc32)[C@H](O)[C@@H]1O. The number of anilines is 1. The van der Waals surface area contributed by atoms with Crippen LogP contribution in [0.25, 0.3) is 11.2 Å². The van der Waals surface area contributed by atoms with Crippen LogP contribution in [0, 0.1) is 0 Å². The molecule has 0 bridgehead atoms. The van der Waals surface area contributed by atoms with Crippen LogP contribution in [-0.2, 0) is 25.6 Å². The Kier molecular flexibility index (Phi) is 8.01. The molecule has 1 aliphatic carbocycles. The van der Waals surface area contributed by atoms with E-state index in [2.05, 4.69) is 20.3 Å². The van der Waals surface area contributed by atoms with Gasteiger partial charge in [0.1, 0.15) is 18.3 Å². The van der Waals surface area contributed by atoms with E-state index in [1.165, 1.54) is 10.9 Å². The molecule has 3 aromatic rings. The third-order valence-electron chi connectivity index (χ3n) is 7.14. The predicted molar refractivity (Wildman–Crippen MR) is 142 cm³/mol. The summed E-state index contributed by atoms with van der Waals surface area (Å²) in [7, 11) is -9.64. The summed E-state index contributed by atoms with van der Waals surface area (Å²) in [4.78, 5) is 30.5. The van der Waals surface area contributed by atoms with Crippen LogP contribution >= 0.6 is 19.2 Å². The second kappa shape index (κ2) is 11.0. The molecule has 39 heavy (non-hydrogen) atoms. The van der Waals surface area contributed by atoms with Crippen molar-refractivity contribution in [1.82, 2.24) is 19.5 Å². The van der Waals surface area contributed by atoms with E-state index < -0.39 is 59.1 Å². The lowest BCUT2D eigenvalue weighted by Crippen LogP contribution is -2.38. The first kappa shape index (κ1) is 28.4. The van der Waals surface area contributed by atoms with Crippen LogP contribution in [-0.4, -0.2) is 83.0 Å². The molecule has 1 aromatic carbocycles. The van der Waals surface area contributed by atoms with Crippen molar-refractivity contribution in [2.24, 2.45) is 0 Å². The number of benzene rings is 1. The Morgan fingerprint density at radius 2 is 1.82 bits per heavy atom. The minimum Gasteiger partial charge on any atom is -0.387 e. The van der Waals surface area contributed by atoms with Crippen molar-refractivity contribution in [3.63, 3.8) is 0 Å². The average molecular weight is 602 g/mol. The summed E-state index contributed by atoms with van der Waals surface area (Å²) in [6, 6.07) is 8.28. The van der Waals surface area contributed by atoms with Crippen LogP contribution in [0.15, 0.2) is 36.7 Å². The minimum atomic E-state index is -5.12. The van der Waals surface area contributed by atoms with Gasteiger partial charge in [0.15, 0.2) is 38.0 Å². The highest BCUT2D eigenvalue weighted by Crippen LogP contribution is 2.47. The normalized spacial score (nSPS) is 25.4. The number of sulfone groups is 1. The van der Waals surface area contributed by atoms with Crippen LogP contribution in [0.4, 0.5) is 5.82 Å². The van der Waals surface area contributed by atoms with Crippen molar-refractivity contribution in [3.8, 4) is 0 Å². The largest absolute Gasteiger partial charge is 0.387 e. The van der Waals surface area contributed by atoms with Gasteiger partial charge >= 0.3 is 7.60 Å². The summed E-state index contributed by atoms with van der Waals surface area (Å²) in [5, 5.41) is 24.7. The molecule has 5 rings (SSSR count). The number of hydrogen-bond donors (Lipinski definition) is 5. The molecule has 0 spiro atoms. The molecule has 1 aliphatic heterocycles. The Labute approximate surface area is 229 Å². The Morgan fingerprint density at radius 3 is 2.49 bits per heavy atom. The van der Waals surface area contributed by atoms with Gasteiger partial charge in [0.05, 0.1) is 12.1 Å². The van der Waals surface area contributed by atoms with Gasteiger partial charge in [0.2, 0.25) is 5.28 Å².